The van der Waals surface area contributed by atoms with Gasteiger partial charge in [0.15, 0.2) is 17.0 Å². The van der Waals surface area contributed by atoms with Crippen LogP contribution in [0.3, 0.4) is 0 Å². The Balaban J connectivity index is 1.35. The maximum atomic E-state index is 12.7. The van der Waals surface area contributed by atoms with Crippen LogP contribution >= 0.6 is 28.5 Å². The van der Waals surface area contributed by atoms with Crippen LogP contribution in [0.15, 0.2) is 43.0 Å². The quantitative estimate of drug-likeness (QED) is 0.349. The molecule has 3 atom stereocenters. The van der Waals surface area contributed by atoms with Crippen LogP contribution in [0.5, 0.6) is 0 Å². The van der Waals surface area contributed by atoms with Crippen LogP contribution in [0.1, 0.15) is 29.9 Å². The topological polar surface area (TPSA) is 135 Å². The van der Waals surface area contributed by atoms with E-state index in [0.717, 1.165) is 11.5 Å². The fraction of sp³-hybridized carbons (Fsp3) is 0.381. The van der Waals surface area contributed by atoms with Gasteiger partial charge in [-0.25, -0.2) is 15.0 Å². The second-order valence-corrected chi connectivity index (χ2v) is 15.4. The summed E-state index contributed by atoms with van der Waals surface area (Å²) >= 11 is 2.63. The Morgan fingerprint density at radius 3 is 2.71 bits per heavy atom. The van der Waals surface area contributed by atoms with Crippen molar-refractivity contribution in [1.29, 1.82) is 0 Å². The third-order valence-electron chi connectivity index (χ3n) is 5.41. The molecule has 2 aliphatic heterocycles. The molecule has 35 heavy (non-hydrogen) atoms. The summed E-state index contributed by atoms with van der Waals surface area (Å²) < 4.78 is 31.7. The van der Waals surface area contributed by atoms with E-state index in [2.05, 4.69) is 20.3 Å². The first-order valence-electron chi connectivity index (χ1n) is 10.8. The molecule has 2 fully saturated rings. The van der Waals surface area contributed by atoms with Gasteiger partial charge in [-0.2, -0.15) is 0 Å². The number of hydrogen-bond donors (Lipinski definition) is 1. The SMILES string of the molecule is CC(=O)O[C@H]1C[C@H](n2cnc3c(NC(=O)c4ccccc4)ncnc32)O[C@@H]1COP1(=O)SCCS1. The van der Waals surface area contributed by atoms with Gasteiger partial charge in [-0.1, -0.05) is 41.0 Å². The fourth-order valence-corrected chi connectivity index (χ4v) is 11.2. The molecule has 1 amide bonds. The third-order valence-corrected chi connectivity index (χ3v) is 13.1. The molecule has 2 aliphatic rings. The molecule has 1 N–H and O–H groups in total. The second-order valence-electron chi connectivity index (χ2n) is 7.79. The zero-order chi connectivity index (χ0) is 24.4. The number of carbonyl (C=O) groups excluding carboxylic acids is 2. The Hall–Kier alpha value is -2.44. The highest BCUT2D eigenvalue weighted by Crippen LogP contribution is 2.74. The number of hydrogen-bond acceptors (Lipinski definition) is 11. The molecular formula is C21H22N5O6PS2. The zero-order valence-corrected chi connectivity index (χ0v) is 21.1. The lowest BCUT2D eigenvalue weighted by atomic mass is 10.2. The standard InChI is InChI=1S/C21H22N5O6PS2/c1-13(27)31-15-9-17(32-16(15)10-30-33(29)34-7-8-35-33)26-12-24-18-19(22-11-23-20(18)26)25-21(28)14-5-3-2-4-6-14/h2-6,11-12,15-17H,7-10H2,1H3,(H,22,23,25,28)/t15-,16+,17+/m0/s1. The van der Waals surface area contributed by atoms with E-state index < -0.39 is 30.2 Å². The van der Waals surface area contributed by atoms with E-state index in [1.165, 1.54) is 36.0 Å². The summed E-state index contributed by atoms with van der Waals surface area (Å²) in [6, 6.07) is 8.78. The number of imidazole rings is 1. The number of aromatic nitrogens is 4. The van der Waals surface area contributed by atoms with Gasteiger partial charge in [0.2, 0.25) is 0 Å². The molecule has 0 aliphatic carbocycles. The van der Waals surface area contributed by atoms with Crippen LogP contribution in [0, 0.1) is 0 Å². The van der Waals surface area contributed by atoms with Gasteiger partial charge < -0.3 is 19.3 Å². The number of rotatable bonds is 7. The normalized spacial score (nSPS) is 23.4. The number of carbonyl (C=O) groups is 2. The smallest absolute Gasteiger partial charge is 0.313 e. The van der Waals surface area contributed by atoms with Gasteiger partial charge in [-0.05, 0) is 12.1 Å². The van der Waals surface area contributed by atoms with Gasteiger partial charge in [0.1, 0.15) is 24.8 Å². The van der Waals surface area contributed by atoms with Gasteiger partial charge in [-0.3, -0.25) is 18.7 Å². The van der Waals surface area contributed by atoms with Gasteiger partial charge in [0.05, 0.1) is 12.9 Å². The number of fused-ring (bicyclic) bond motifs is 1. The lowest BCUT2D eigenvalue weighted by Gasteiger charge is -2.19. The number of anilines is 1. The Bertz CT molecular complexity index is 1280. The van der Waals surface area contributed by atoms with E-state index >= 15 is 0 Å². The second kappa shape index (κ2) is 10.3. The Morgan fingerprint density at radius 2 is 1.97 bits per heavy atom. The van der Waals surface area contributed by atoms with Crippen LogP contribution in [0.2, 0.25) is 0 Å². The molecule has 0 bridgehead atoms. The molecule has 0 radical (unpaired) electrons. The van der Waals surface area contributed by atoms with Crippen molar-refractivity contribution < 1.29 is 28.2 Å². The molecule has 184 valence electrons. The zero-order valence-electron chi connectivity index (χ0n) is 18.6. The van der Waals surface area contributed by atoms with Crippen molar-refractivity contribution in [1.82, 2.24) is 19.5 Å². The van der Waals surface area contributed by atoms with Crippen molar-refractivity contribution in [3.05, 3.63) is 48.5 Å². The average molecular weight is 536 g/mol. The summed E-state index contributed by atoms with van der Waals surface area (Å²) in [5.41, 5.74) is 1.33. The molecule has 0 spiro atoms. The van der Waals surface area contributed by atoms with Gasteiger partial charge >= 0.3 is 11.7 Å². The molecule has 1 aromatic carbocycles. The number of nitrogens with one attached hydrogen (secondary N) is 1. The molecule has 5 rings (SSSR count). The van der Waals surface area contributed by atoms with E-state index in [0.29, 0.717) is 23.1 Å². The predicted molar refractivity (Wildman–Crippen MR) is 132 cm³/mol. The highest BCUT2D eigenvalue weighted by molar-refractivity contribution is 8.90. The first kappa shape index (κ1) is 24.3. The maximum Gasteiger partial charge on any atom is 0.313 e. The van der Waals surface area contributed by atoms with Crippen molar-refractivity contribution in [3.8, 4) is 0 Å². The molecule has 0 unspecified atom stereocenters. The van der Waals surface area contributed by atoms with E-state index in [1.54, 1.807) is 35.2 Å². The molecule has 0 saturated carbocycles. The van der Waals surface area contributed by atoms with Crippen molar-refractivity contribution in [3.63, 3.8) is 0 Å². The number of benzene rings is 1. The molecule has 4 heterocycles. The van der Waals surface area contributed by atoms with Crippen LogP contribution in [-0.4, -0.2) is 61.7 Å². The van der Waals surface area contributed by atoms with Crippen LogP contribution < -0.4 is 5.32 Å². The number of ether oxygens (including phenoxy) is 2. The largest absolute Gasteiger partial charge is 0.460 e. The average Bonchev–Trinajstić information content (AvgIpc) is 3.57. The maximum absolute atomic E-state index is 12.7. The molecule has 2 saturated heterocycles. The summed E-state index contributed by atoms with van der Waals surface area (Å²) in [7, 11) is 0. The lowest BCUT2D eigenvalue weighted by Crippen LogP contribution is -2.30. The van der Waals surface area contributed by atoms with E-state index in [-0.39, 0.29) is 18.3 Å². The minimum Gasteiger partial charge on any atom is -0.460 e. The van der Waals surface area contributed by atoms with Crippen molar-refractivity contribution in [2.24, 2.45) is 0 Å². The summed E-state index contributed by atoms with van der Waals surface area (Å²) in [5, 5.41) is 2.77. The minimum atomic E-state index is -2.81. The van der Waals surface area contributed by atoms with Crippen LogP contribution in [-0.2, 0) is 23.4 Å². The summed E-state index contributed by atoms with van der Waals surface area (Å²) in [4.78, 5) is 37.2. The number of nitrogens with zero attached hydrogens (tertiary/aromatic N) is 4. The number of esters is 1. The van der Waals surface area contributed by atoms with Crippen molar-refractivity contribution in [2.75, 3.05) is 23.4 Å². The molecule has 11 nitrogen and oxygen atoms in total. The van der Waals surface area contributed by atoms with E-state index in [9.17, 15) is 14.2 Å². The number of amides is 1. The van der Waals surface area contributed by atoms with E-state index in [1.807, 2.05) is 6.07 Å². The first-order chi connectivity index (χ1) is 16.9. The molecular weight excluding hydrogens is 513 g/mol. The highest BCUT2D eigenvalue weighted by atomic mass is 33.1. The predicted octanol–water partition coefficient (Wildman–Crippen LogP) is 3.90. The van der Waals surface area contributed by atoms with Gasteiger partial charge in [0.25, 0.3) is 5.91 Å². The molecule has 3 aromatic rings. The summed E-state index contributed by atoms with van der Waals surface area (Å²) in [6.07, 6.45) is 1.46. The Morgan fingerprint density at radius 1 is 1.20 bits per heavy atom. The van der Waals surface area contributed by atoms with Crippen molar-refractivity contribution >= 4 is 57.4 Å². The minimum absolute atomic E-state index is 0.0335. The first-order valence-corrected chi connectivity index (χ1v) is 15.6. The Kier molecular flexibility index (Phi) is 7.12. The lowest BCUT2D eigenvalue weighted by molar-refractivity contribution is -0.150. The molecule has 2 aromatic heterocycles. The summed E-state index contributed by atoms with van der Waals surface area (Å²) in [5.74, 6) is -1.76. The van der Waals surface area contributed by atoms with E-state index in [4.69, 9.17) is 14.0 Å². The highest BCUT2D eigenvalue weighted by Gasteiger charge is 2.41. The third kappa shape index (κ3) is 5.39. The van der Waals surface area contributed by atoms with Gasteiger partial charge in [0, 0.05) is 30.4 Å². The summed E-state index contributed by atoms with van der Waals surface area (Å²) in [6.45, 7) is 1.36. The van der Waals surface area contributed by atoms with Crippen LogP contribution in [0.4, 0.5) is 5.82 Å². The van der Waals surface area contributed by atoms with Gasteiger partial charge in [-0.15, -0.1) is 0 Å². The molecule has 14 heteroatoms. The Labute approximate surface area is 208 Å². The monoisotopic (exact) mass is 535 g/mol. The van der Waals surface area contributed by atoms with Crippen molar-refractivity contribution in [2.45, 2.75) is 31.8 Å². The van der Waals surface area contributed by atoms with Crippen LogP contribution in [0.25, 0.3) is 11.2 Å². The fourth-order valence-electron chi connectivity index (χ4n) is 3.86.